The van der Waals surface area contributed by atoms with E-state index in [-0.39, 0.29) is 5.97 Å². The number of carbonyl (C=O) groups is 1. The lowest BCUT2D eigenvalue weighted by atomic mass is 10.3. The van der Waals surface area contributed by atoms with E-state index in [2.05, 4.69) is 9.97 Å². The van der Waals surface area contributed by atoms with Gasteiger partial charge in [0.25, 0.3) is 0 Å². The van der Waals surface area contributed by atoms with Crippen LogP contribution in [0.15, 0.2) is 24.5 Å². The third-order valence-corrected chi connectivity index (χ3v) is 2.54. The lowest BCUT2D eigenvalue weighted by Crippen LogP contribution is -2.06. The summed E-state index contributed by atoms with van der Waals surface area (Å²) in [6.45, 7) is 3.93. The third-order valence-electron chi connectivity index (χ3n) is 2.36. The zero-order valence-electron chi connectivity index (χ0n) is 10.1. The Bertz CT molecular complexity index is 563. The molecule has 0 aliphatic carbocycles. The maximum atomic E-state index is 11.5. The highest BCUT2D eigenvalue weighted by Crippen LogP contribution is 2.14. The first kappa shape index (κ1) is 12.6. The highest BCUT2D eigenvalue weighted by molar-refractivity contribution is 6.29. The number of carbonyl (C=O) groups excluding carboxylic acids is 1. The number of imidazole rings is 1. The first-order valence-electron chi connectivity index (χ1n) is 5.47. The minimum atomic E-state index is -0.378. The van der Waals surface area contributed by atoms with Crippen LogP contribution < -0.4 is 0 Å². The van der Waals surface area contributed by atoms with Gasteiger partial charge >= 0.3 is 5.97 Å². The molecule has 0 aliphatic heterocycles. The Morgan fingerprint density at radius 1 is 1.50 bits per heavy atom. The quantitative estimate of drug-likeness (QED) is 0.800. The van der Waals surface area contributed by atoms with Gasteiger partial charge in [0.1, 0.15) is 16.8 Å². The minimum Gasteiger partial charge on any atom is -0.462 e. The maximum absolute atomic E-state index is 11.5. The van der Waals surface area contributed by atoms with Crippen LogP contribution in [-0.4, -0.2) is 27.1 Å². The summed E-state index contributed by atoms with van der Waals surface area (Å²) in [6, 6.07) is 3.38. The largest absolute Gasteiger partial charge is 0.462 e. The molecule has 0 spiro atoms. The first-order valence-corrected chi connectivity index (χ1v) is 5.84. The predicted octanol–water partition coefficient (Wildman–Crippen LogP) is 2.41. The van der Waals surface area contributed by atoms with Gasteiger partial charge in [0, 0.05) is 12.4 Å². The first-order chi connectivity index (χ1) is 8.61. The molecule has 0 unspecified atom stereocenters. The summed E-state index contributed by atoms with van der Waals surface area (Å²) in [5.41, 5.74) is 0.421. The van der Waals surface area contributed by atoms with Crippen molar-refractivity contribution in [2.45, 2.75) is 13.8 Å². The molecular weight excluding hydrogens is 254 g/mol. The number of aromatic nitrogens is 3. The zero-order valence-corrected chi connectivity index (χ0v) is 10.8. The van der Waals surface area contributed by atoms with Crippen LogP contribution in [0.25, 0.3) is 5.82 Å². The van der Waals surface area contributed by atoms with Crippen LogP contribution in [0.3, 0.4) is 0 Å². The fraction of sp³-hybridized carbons (Fsp3) is 0.250. The smallest absolute Gasteiger partial charge is 0.339 e. The van der Waals surface area contributed by atoms with Crippen molar-refractivity contribution in [1.82, 2.24) is 14.5 Å². The maximum Gasteiger partial charge on any atom is 0.339 e. The van der Waals surface area contributed by atoms with Crippen LogP contribution in [0.1, 0.15) is 23.1 Å². The second-order valence-corrected chi connectivity index (χ2v) is 3.99. The summed E-state index contributed by atoms with van der Waals surface area (Å²) in [5.74, 6) is 1.01. The van der Waals surface area contributed by atoms with Crippen LogP contribution in [0, 0.1) is 6.92 Å². The van der Waals surface area contributed by atoms with Gasteiger partial charge < -0.3 is 4.74 Å². The minimum absolute atomic E-state index is 0.344. The van der Waals surface area contributed by atoms with Gasteiger partial charge in [0.05, 0.1) is 12.2 Å². The summed E-state index contributed by atoms with van der Waals surface area (Å²) in [4.78, 5) is 19.7. The van der Waals surface area contributed by atoms with Gasteiger partial charge in [0.15, 0.2) is 0 Å². The molecule has 2 rings (SSSR count). The number of esters is 1. The second kappa shape index (κ2) is 5.18. The molecule has 6 heteroatoms. The van der Waals surface area contributed by atoms with E-state index in [1.807, 2.05) is 6.92 Å². The van der Waals surface area contributed by atoms with Crippen molar-refractivity contribution < 1.29 is 9.53 Å². The fourth-order valence-electron chi connectivity index (χ4n) is 1.53. The van der Waals surface area contributed by atoms with Crippen LogP contribution in [0.5, 0.6) is 0 Å². The Balaban J connectivity index is 2.27. The lowest BCUT2D eigenvalue weighted by Gasteiger charge is -2.05. The molecule has 94 valence electrons. The fourth-order valence-corrected chi connectivity index (χ4v) is 1.75. The van der Waals surface area contributed by atoms with Crippen LogP contribution in [0.2, 0.25) is 5.15 Å². The van der Waals surface area contributed by atoms with E-state index in [1.54, 1.807) is 29.8 Å². The van der Waals surface area contributed by atoms with Crippen LogP contribution in [0.4, 0.5) is 0 Å². The lowest BCUT2D eigenvalue weighted by molar-refractivity contribution is 0.0526. The molecular formula is C12H12ClN3O2. The van der Waals surface area contributed by atoms with Crippen molar-refractivity contribution in [3.05, 3.63) is 41.1 Å². The number of rotatable bonds is 3. The van der Waals surface area contributed by atoms with Crippen LogP contribution >= 0.6 is 11.6 Å². The molecule has 18 heavy (non-hydrogen) atoms. The van der Waals surface area contributed by atoms with E-state index in [4.69, 9.17) is 16.3 Å². The van der Waals surface area contributed by atoms with Crippen molar-refractivity contribution in [1.29, 1.82) is 0 Å². The Morgan fingerprint density at radius 2 is 2.28 bits per heavy atom. The molecule has 5 nitrogen and oxygen atoms in total. The molecule has 0 N–H and O–H groups in total. The molecule has 0 saturated heterocycles. The van der Waals surface area contributed by atoms with Crippen molar-refractivity contribution in [2.24, 2.45) is 0 Å². The molecule has 2 aromatic rings. The zero-order chi connectivity index (χ0) is 13.1. The van der Waals surface area contributed by atoms with Gasteiger partial charge in [-0.25, -0.2) is 14.8 Å². The molecule has 2 heterocycles. The average Bonchev–Trinajstić information content (AvgIpc) is 2.69. The van der Waals surface area contributed by atoms with Gasteiger partial charge in [-0.05, 0) is 26.0 Å². The van der Waals surface area contributed by atoms with Gasteiger partial charge in [-0.15, -0.1) is 0 Å². The Labute approximate surface area is 109 Å². The predicted molar refractivity (Wildman–Crippen MR) is 67.1 cm³/mol. The number of hydrogen-bond acceptors (Lipinski definition) is 4. The number of nitrogens with zero attached hydrogens (tertiary/aromatic N) is 3. The normalized spacial score (nSPS) is 10.4. The van der Waals surface area contributed by atoms with E-state index in [0.717, 1.165) is 5.82 Å². The van der Waals surface area contributed by atoms with Gasteiger partial charge in [-0.2, -0.15) is 0 Å². The number of pyridine rings is 1. The molecule has 0 amide bonds. The Hall–Kier alpha value is -1.88. The summed E-state index contributed by atoms with van der Waals surface area (Å²) in [5, 5.41) is 0.406. The standard InChI is InChI=1S/C12H12ClN3O2/c1-3-18-12(17)9-4-5-11(14-6-9)16-7-10(13)15-8(16)2/h4-7H,3H2,1-2H3. The molecule has 0 aromatic carbocycles. The van der Waals surface area contributed by atoms with Crippen molar-refractivity contribution in [2.75, 3.05) is 6.61 Å². The van der Waals surface area contributed by atoms with Crippen molar-refractivity contribution >= 4 is 17.6 Å². The van der Waals surface area contributed by atoms with E-state index in [0.29, 0.717) is 23.1 Å². The van der Waals surface area contributed by atoms with Crippen molar-refractivity contribution in [3.63, 3.8) is 0 Å². The summed E-state index contributed by atoms with van der Waals surface area (Å²) in [6.07, 6.45) is 3.14. The van der Waals surface area contributed by atoms with E-state index >= 15 is 0 Å². The highest BCUT2D eigenvalue weighted by Gasteiger charge is 2.09. The SMILES string of the molecule is CCOC(=O)c1ccc(-n2cc(Cl)nc2C)nc1. The molecule has 0 bridgehead atoms. The monoisotopic (exact) mass is 265 g/mol. The Kier molecular flexibility index (Phi) is 3.62. The van der Waals surface area contributed by atoms with Gasteiger partial charge in [0.2, 0.25) is 0 Å². The van der Waals surface area contributed by atoms with Gasteiger partial charge in [-0.3, -0.25) is 4.57 Å². The Morgan fingerprint density at radius 3 is 2.78 bits per heavy atom. The van der Waals surface area contributed by atoms with E-state index in [9.17, 15) is 4.79 Å². The van der Waals surface area contributed by atoms with Gasteiger partial charge in [-0.1, -0.05) is 11.6 Å². The number of aryl methyl sites for hydroxylation is 1. The van der Waals surface area contributed by atoms with E-state index < -0.39 is 0 Å². The summed E-state index contributed by atoms with van der Waals surface area (Å²) >= 11 is 5.80. The second-order valence-electron chi connectivity index (χ2n) is 3.61. The number of hydrogen-bond donors (Lipinski definition) is 0. The molecule has 0 fully saturated rings. The molecule has 0 atom stereocenters. The topological polar surface area (TPSA) is 57.0 Å². The molecule has 0 aliphatic rings. The molecule has 0 saturated carbocycles. The summed E-state index contributed by atoms with van der Waals surface area (Å²) in [7, 11) is 0. The average molecular weight is 266 g/mol. The van der Waals surface area contributed by atoms with Crippen molar-refractivity contribution in [3.8, 4) is 5.82 Å². The molecule has 2 aromatic heterocycles. The third kappa shape index (κ3) is 2.51. The summed E-state index contributed by atoms with van der Waals surface area (Å²) < 4.78 is 6.63. The number of halogens is 1. The highest BCUT2D eigenvalue weighted by atomic mass is 35.5. The van der Waals surface area contributed by atoms with E-state index in [1.165, 1.54) is 6.20 Å². The van der Waals surface area contributed by atoms with Crippen LogP contribution in [-0.2, 0) is 4.74 Å². The molecule has 0 radical (unpaired) electrons. The number of ether oxygens (including phenoxy) is 1.